The first-order valence-electron chi connectivity index (χ1n) is 8.30. The van der Waals surface area contributed by atoms with E-state index in [0.717, 1.165) is 34.2 Å². The quantitative estimate of drug-likeness (QED) is 0.798. The maximum atomic E-state index is 13.1. The Labute approximate surface area is 146 Å². The van der Waals surface area contributed by atoms with E-state index in [1.54, 1.807) is 14.2 Å². The van der Waals surface area contributed by atoms with Gasteiger partial charge in [0.15, 0.2) is 11.5 Å². The average Bonchev–Trinajstić information content (AvgIpc) is 3.14. The third kappa shape index (κ3) is 2.61. The number of methoxy groups -OCH3 is 2. The van der Waals surface area contributed by atoms with Crippen LogP contribution in [0.15, 0.2) is 42.6 Å². The van der Waals surface area contributed by atoms with E-state index < -0.39 is 0 Å². The highest BCUT2D eigenvalue weighted by Gasteiger charge is 2.24. The largest absolute Gasteiger partial charge is 0.493 e. The summed E-state index contributed by atoms with van der Waals surface area (Å²) in [4.78, 5) is 18.1. The molecule has 0 spiro atoms. The molecule has 5 heteroatoms. The molecule has 1 aliphatic rings. The van der Waals surface area contributed by atoms with Crippen LogP contribution >= 0.6 is 0 Å². The molecule has 1 amide bonds. The Bertz CT molecular complexity index is 945. The van der Waals surface area contributed by atoms with E-state index in [4.69, 9.17) is 9.47 Å². The van der Waals surface area contributed by atoms with Gasteiger partial charge in [0.2, 0.25) is 0 Å². The zero-order valence-electron chi connectivity index (χ0n) is 14.3. The van der Waals surface area contributed by atoms with Crippen molar-refractivity contribution in [1.29, 1.82) is 0 Å². The molecule has 0 saturated carbocycles. The Morgan fingerprint density at radius 3 is 2.60 bits per heavy atom. The number of nitrogens with one attached hydrogen (secondary N) is 1. The standard InChI is InChI=1S/C20H20N2O3/c1-24-18-10-13-7-9-22(12-14(13)11-19(18)25-2)20(23)16-4-3-5-17-15(16)6-8-21-17/h3-6,8,10-11,21H,7,9,12H2,1-2H3. The molecule has 4 rings (SSSR count). The Kier molecular flexibility index (Phi) is 3.84. The van der Waals surface area contributed by atoms with Gasteiger partial charge in [-0.05, 0) is 47.9 Å². The number of carbonyl (C=O) groups is 1. The van der Waals surface area contributed by atoms with Crippen molar-refractivity contribution in [3.05, 3.63) is 59.3 Å². The Hall–Kier alpha value is -2.95. The maximum Gasteiger partial charge on any atom is 0.254 e. The minimum Gasteiger partial charge on any atom is -0.493 e. The highest BCUT2D eigenvalue weighted by molar-refractivity contribution is 6.06. The smallest absolute Gasteiger partial charge is 0.254 e. The molecule has 2 aromatic carbocycles. The molecule has 0 unspecified atom stereocenters. The highest BCUT2D eigenvalue weighted by Crippen LogP contribution is 2.33. The number of H-pyrrole nitrogens is 1. The minimum absolute atomic E-state index is 0.0608. The van der Waals surface area contributed by atoms with Gasteiger partial charge in [-0.25, -0.2) is 0 Å². The molecule has 0 saturated heterocycles. The summed E-state index contributed by atoms with van der Waals surface area (Å²) in [7, 11) is 3.27. The number of ether oxygens (including phenoxy) is 2. The second-order valence-electron chi connectivity index (χ2n) is 6.20. The van der Waals surface area contributed by atoms with Crippen LogP contribution in [0.2, 0.25) is 0 Å². The molecule has 0 fully saturated rings. The van der Waals surface area contributed by atoms with Gasteiger partial charge in [-0.15, -0.1) is 0 Å². The number of rotatable bonds is 3. The van der Waals surface area contributed by atoms with Crippen molar-refractivity contribution in [3.63, 3.8) is 0 Å². The summed E-state index contributed by atoms with van der Waals surface area (Å²) in [6, 6.07) is 11.7. The molecule has 0 bridgehead atoms. The third-order valence-corrected chi connectivity index (χ3v) is 4.83. The van der Waals surface area contributed by atoms with Gasteiger partial charge in [0.25, 0.3) is 5.91 Å². The Morgan fingerprint density at radius 1 is 1.08 bits per heavy atom. The first kappa shape index (κ1) is 15.6. The summed E-state index contributed by atoms with van der Waals surface area (Å²) in [5.74, 6) is 1.49. The van der Waals surface area contributed by atoms with Crippen LogP contribution < -0.4 is 9.47 Å². The SMILES string of the molecule is COc1cc2c(cc1OC)CN(C(=O)c1cccc3[nH]ccc13)CC2. The molecular weight excluding hydrogens is 316 g/mol. The third-order valence-electron chi connectivity index (χ3n) is 4.83. The molecule has 0 atom stereocenters. The van der Waals surface area contributed by atoms with Crippen LogP contribution in [-0.2, 0) is 13.0 Å². The number of nitrogens with zero attached hydrogens (tertiary/aromatic N) is 1. The first-order valence-corrected chi connectivity index (χ1v) is 8.30. The van der Waals surface area contributed by atoms with Gasteiger partial charge in [-0.1, -0.05) is 6.07 Å². The van der Waals surface area contributed by atoms with Crippen LogP contribution in [-0.4, -0.2) is 36.6 Å². The molecule has 128 valence electrons. The zero-order valence-corrected chi connectivity index (χ0v) is 14.3. The summed E-state index contributed by atoms with van der Waals surface area (Å²) < 4.78 is 10.8. The van der Waals surface area contributed by atoms with Crippen molar-refractivity contribution in [2.24, 2.45) is 0 Å². The van der Waals surface area contributed by atoms with Crippen LogP contribution in [0.1, 0.15) is 21.5 Å². The maximum absolute atomic E-state index is 13.1. The van der Waals surface area contributed by atoms with Gasteiger partial charge in [0.1, 0.15) is 0 Å². The number of fused-ring (bicyclic) bond motifs is 2. The van der Waals surface area contributed by atoms with Gasteiger partial charge in [-0.2, -0.15) is 0 Å². The molecule has 5 nitrogen and oxygen atoms in total. The van der Waals surface area contributed by atoms with Gasteiger partial charge in [0, 0.05) is 35.8 Å². The van der Waals surface area contributed by atoms with E-state index in [1.807, 2.05) is 47.5 Å². The van der Waals surface area contributed by atoms with E-state index in [1.165, 1.54) is 5.56 Å². The Balaban J connectivity index is 1.66. The molecule has 1 aliphatic heterocycles. The lowest BCUT2D eigenvalue weighted by Crippen LogP contribution is -2.36. The number of hydrogen-bond donors (Lipinski definition) is 1. The first-order chi connectivity index (χ1) is 12.2. The molecule has 2 heterocycles. The molecule has 1 N–H and O–H groups in total. The molecule has 0 aliphatic carbocycles. The minimum atomic E-state index is 0.0608. The zero-order chi connectivity index (χ0) is 17.4. The van der Waals surface area contributed by atoms with Crippen LogP contribution in [0.5, 0.6) is 11.5 Å². The van der Waals surface area contributed by atoms with Gasteiger partial charge in [-0.3, -0.25) is 4.79 Å². The number of aromatic nitrogens is 1. The summed E-state index contributed by atoms with van der Waals surface area (Å²) in [6.45, 7) is 1.28. The van der Waals surface area contributed by atoms with Crippen LogP contribution in [0.25, 0.3) is 10.9 Å². The number of carbonyl (C=O) groups excluding carboxylic acids is 1. The van der Waals surface area contributed by atoms with Crippen LogP contribution in [0, 0.1) is 0 Å². The topological polar surface area (TPSA) is 54.6 Å². The van der Waals surface area contributed by atoms with Crippen molar-refractivity contribution in [2.45, 2.75) is 13.0 Å². The fraction of sp³-hybridized carbons (Fsp3) is 0.250. The molecule has 1 aromatic heterocycles. The van der Waals surface area contributed by atoms with Crippen molar-refractivity contribution < 1.29 is 14.3 Å². The normalized spacial score (nSPS) is 13.6. The summed E-state index contributed by atoms with van der Waals surface area (Å²) in [6.07, 6.45) is 2.68. The summed E-state index contributed by atoms with van der Waals surface area (Å²) in [5, 5.41) is 0.964. The summed E-state index contributed by atoms with van der Waals surface area (Å²) >= 11 is 0. The fourth-order valence-electron chi connectivity index (χ4n) is 3.50. The number of benzene rings is 2. The lowest BCUT2D eigenvalue weighted by Gasteiger charge is -2.30. The fourth-order valence-corrected chi connectivity index (χ4v) is 3.50. The van der Waals surface area contributed by atoms with E-state index in [-0.39, 0.29) is 5.91 Å². The highest BCUT2D eigenvalue weighted by atomic mass is 16.5. The molecular formula is C20H20N2O3. The molecule has 0 radical (unpaired) electrons. The van der Waals surface area contributed by atoms with E-state index in [9.17, 15) is 4.79 Å². The predicted molar refractivity (Wildman–Crippen MR) is 96.3 cm³/mol. The van der Waals surface area contributed by atoms with Crippen LogP contribution in [0.3, 0.4) is 0 Å². The number of aromatic amines is 1. The summed E-state index contributed by atoms with van der Waals surface area (Å²) in [5.41, 5.74) is 4.04. The van der Waals surface area contributed by atoms with E-state index in [2.05, 4.69) is 4.98 Å². The monoisotopic (exact) mass is 336 g/mol. The second kappa shape index (κ2) is 6.16. The average molecular weight is 336 g/mol. The lowest BCUT2D eigenvalue weighted by atomic mass is 9.97. The predicted octanol–water partition coefficient (Wildman–Crippen LogP) is 3.38. The van der Waals surface area contributed by atoms with Crippen molar-refractivity contribution in [3.8, 4) is 11.5 Å². The molecule has 3 aromatic rings. The van der Waals surface area contributed by atoms with Crippen molar-refractivity contribution in [1.82, 2.24) is 9.88 Å². The van der Waals surface area contributed by atoms with E-state index in [0.29, 0.717) is 18.8 Å². The van der Waals surface area contributed by atoms with Gasteiger partial charge >= 0.3 is 0 Å². The van der Waals surface area contributed by atoms with Gasteiger partial charge in [0.05, 0.1) is 14.2 Å². The van der Waals surface area contributed by atoms with Crippen molar-refractivity contribution >= 4 is 16.8 Å². The second-order valence-corrected chi connectivity index (χ2v) is 6.20. The number of amides is 1. The Morgan fingerprint density at radius 2 is 1.84 bits per heavy atom. The van der Waals surface area contributed by atoms with Crippen LogP contribution in [0.4, 0.5) is 0 Å². The van der Waals surface area contributed by atoms with E-state index >= 15 is 0 Å². The molecule has 25 heavy (non-hydrogen) atoms. The number of hydrogen-bond acceptors (Lipinski definition) is 3. The van der Waals surface area contributed by atoms with Crippen molar-refractivity contribution in [2.75, 3.05) is 20.8 Å². The van der Waals surface area contributed by atoms with Gasteiger partial charge < -0.3 is 19.4 Å². The lowest BCUT2D eigenvalue weighted by molar-refractivity contribution is 0.0736.